The molecule has 1 fully saturated rings. The summed E-state index contributed by atoms with van der Waals surface area (Å²) in [5.41, 5.74) is 2.98. The van der Waals surface area contributed by atoms with E-state index in [1.54, 1.807) is 36.4 Å². The quantitative estimate of drug-likeness (QED) is 0.0693. The van der Waals surface area contributed by atoms with E-state index in [9.17, 15) is 14.4 Å². The topological polar surface area (TPSA) is 97.4 Å². The van der Waals surface area contributed by atoms with Crippen molar-refractivity contribution in [3.05, 3.63) is 103 Å². The van der Waals surface area contributed by atoms with Crippen molar-refractivity contribution in [2.75, 3.05) is 19.8 Å². The molecule has 1 aliphatic rings. The van der Waals surface area contributed by atoms with Crippen LogP contribution in [0, 0.1) is 0 Å². The van der Waals surface area contributed by atoms with E-state index >= 15 is 0 Å². The summed E-state index contributed by atoms with van der Waals surface area (Å²) in [6.45, 7) is 8.52. The first-order chi connectivity index (χ1) is 21.4. The molecule has 44 heavy (non-hydrogen) atoms. The predicted molar refractivity (Wildman–Crippen MR) is 167 cm³/mol. The van der Waals surface area contributed by atoms with E-state index in [0.29, 0.717) is 48.9 Å². The summed E-state index contributed by atoms with van der Waals surface area (Å²) in [6, 6.07) is 22.0. The molecule has 8 heteroatoms. The maximum atomic E-state index is 12.6. The fourth-order valence-electron chi connectivity index (χ4n) is 4.57. The summed E-state index contributed by atoms with van der Waals surface area (Å²) in [5, 5.41) is 0. The molecule has 0 spiro atoms. The number of hydrogen-bond acceptors (Lipinski definition) is 8. The largest absolute Gasteiger partial charge is 0.494 e. The zero-order valence-corrected chi connectivity index (χ0v) is 24.8. The number of carbonyl (C=O) groups is 3. The van der Waals surface area contributed by atoms with Crippen molar-refractivity contribution < 1.29 is 38.1 Å². The number of hydrogen-bond donors (Lipinski definition) is 0. The number of cyclic esters (lactones) is 1. The van der Waals surface area contributed by atoms with E-state index < -0.39 is 11.9 Å². The molecule has 0 bridgehead atoms. The minimum Gasteiger partial charge on any atom is -0.494 e. The molecule has 0 N–H and O–H groups in total. The molecule has 1 atom stereocenters. The van der Waals surface area contributed by atoms with Crippen LogP contribution in [-0.4, -0.2) is 43.8 Å². The predicted octanol–water partition coefficient (Wildman–Crippen LogP) is 7.27. The van der Waals surface area contributed by atoms with Crippen LogP contribution in [0.25, 0.3) is 11.1 Å². The van der Waals surface area contributed by atoms with Crippen LogP contribution >= 0.6 is 0 Å². The lowest BCUT2D eigenvalue weighted by Crippen LogP contribution is -2.08. The van der Waals surface area contributed by atoms with Gasteiger partial charge in [0.25, 0.3) is 0 Å². The zero-order chi connectivity index (χ0) is 31.1. The van der Waals surface area contributed by atoms with Gasteiger partial charge in [-0.25, -0.2) is 14.4 Å². The van der Waals surface area contributed by atoms with Crippen LogP contribution in [0.4, 0.5) is 0 Å². The number of benzene rings is 3. The number of esters is 3. The Morgan fingerprint density at radius 2 is 1.30 bits per heavy atom. The first kappa shape index (κ1) is 32.1. The number of rotatable bonds is 17. The average Bonchev–Trinajstić information content (AvgIpc) is 3.37. The van der Waals surface area contributed by atoms with Crippen molar-refractivity contribution in [2.45, 2.75) is 51.0 Å². The van der Waals surface area contributed by atoms with Crippen LogP contribution in [0.1, 0.15) is 55.3 Å². The summed E-state index contributed by atoms with van der Waals surface area (Å²) in [5.74, 6) is 0.771. The third kappa shape index (κ3) is 10.2. The molecular weight excluding hydrogens is 560 g/mol. The first-order valence-electron chi connectivity index (χ1n) is 14.9. The summed E-state index contributed by atoms with van der Waals surface area (Å²) in [6.07, 6.45) is 6.89. The molecule has 0 aromatic heterocycles. The average molecular weight is 599 g/mol. The molecule has 4 rings (SSSR count). The van der Waals surface area contributed by atoms with Gasteiger partial charge in [-0.15, -0.1) is 0 Å². The number of unbranched alkanes of at least 4 members (excludes halogenated alkanes) is 3. The number of carbonyl (C=O) groups excluding carboxylic acids is 3. The Kier molecular flexibility index (Phi) is 12.2. The van der Waals surface area contributed by atoms with Gasteiger partial charge in [0.2, 0.25) is 0 Å². The molecule has 1 aliphatic heterocycles. The molecule has 1 saturated heterocycles. The van der Waals surface area contributed by atoms with Crippen LogP contribution in [-0.2, 0) is 19.1 Å². The van der Waals surface area contributed by atoms with Gasteiger partial charge in [0, 0.05) is 18.1 Å². The van der Waals surface area contributed by atoms with Gasteiger partial charge in [-0.2, -0.15) is 0 Å². The van der Waals surface area contributed by atoms with Crippen molar-refractivity contribution in [2.24, 2.45) is 0 Å². The summed E-state index contributed by atoms with van der Waals surface area (Å²) < 4.78 is 27.3. The van der Waals surface area contributed by atoms with Gasteiger partial charge < -0.3 is 23.7 Å². The summed E-state index contributed by atoms with van der Waals surface area (Å²) in [4.78, 5) is 35.1. The van der Waals surface area contributed by atoms with Gasteiger partial charge in [0.15, 0.2) is 0 Å². The highest BCUT2D eigenvalue weighted by atomic mass is 16.6. The lowest BCUT2D eigenvalue weighted by atomic mass is 10.1. The highest BCUT2D eigenvalue weighted by Gasteiger charge is 2.26. The third-order valence-corrected chi connectivity index (χ3v) is 7.04. The van der Waals surface area contributed by atoms with Gasteiger partial charge in [-0.1, -0.05) is 37.4 Å². The van der Waals surface area contributed by atoms with E-state index in [-0.39, 0.29) is 12.1 Å². The molecule has 8 nitrogen and oxygen atoms in total. The molecule has 3 aromatic rings. The van der Waals surface area contributed by atoms with Crippen molar-refractivity contribution in [3.63, 3.8) is 0 Å². The number of ether oxygens (including phenoxy) is 5. The van der Waals surface area contributed by atoms with E-state index in [2.05, 4.69) is 13.2 Å². The Bertz CT molecular complexity index is 1390. The third-order valence-electron chi connectivity index (χ3n) is 7.04. The maximum absolute atomic E-state index is 12.6. The van der Waals surface area contributed by atoms with Crippen LogP contribution < -0.4 is 14.2 Å². The fourth-order valence-corrected chi connectivity index (χ4v) is 4.57. The van der Waals surface area contributed by atoms with Gasteiger partial charge in [-0.05, 0) is 98.2 Å². The Hall–Kier alpha value is -4.85. The first-order valence-corrected chi connectivity index (χ1v) is 14.9. The minimum absolute atomic E-state index is 0.0361. The lowest BCUT2D eigenvalue weighted by Gasteiger charge is -2.10. The molecule has 0 aliphatic carbocycles. The minimum atomic E-state index is -0.444. The summed E-state index contributed by atoms with van der Waals surface area (Å²) >= 11 is 0. The van der Waals surface area contributed by atoms with E-state index in [0.717, 1.165) is 61.5 Å². The fraction of sp³-hybridized carbons (Fsp3) is 0.306. The van der Waals surface area contributed by atoms with Crippen molar-refractivity contribution >= 4 is 17.9 Å². The molecule has 230 valence electrons. The highest BCUT2D eigenvalue weighted by molar-refractivity contribution is 5.91. The van der Waals surface area contributed by atoms with Crippen LogP contribution in [0.15, 0.2) is 97.6 Å². The monoisotopic (exact) mass is 598 g/mol. The van der Waals surface area contributed by atoms with Crippen LogP contribution in [0.2, 0.25) is 0 Å². The Balaban J connectivity index is 1.13. The molecular formula is C36H38O8. The van der Waals surface area contributed by atoms with Gasteiger partial charge in [0.1, 0.15) is 23.4 Å². The second-order valence-corrected chi connectivity index (χ2v) is 10.4. The van der Waals surface area contributed by atoms with Gasteiger partial charge in [0.05, 0.1) is 25.4 Å². The van der Waals surface area contributed by atoms with Crippen molar-refractivity contribution in [1.29, 1.82) is 0 Å². The standard InChI is InChI=1S/C36H38O8/c1-3-34(37)42-24-8-7-23-41-30-16-10-27(11-17-30)28-12-20-32(21-13-28)43-36(39)29-14-18-31(19-15-29)40-22-6-4-5-9-33-25-26(2)35(38)44-33/h3,10-21,33H,1-2,4-9,22-25H2. The normalized spacial score (nSPS) is 14.0. The van der Waals surface area contributed by atoms with Crippen LogP contribution in [0.3, 0.4) is 0 Å². The van der Waals surface area contributed by atoms with E-state index in [1.165, 1.54) is 0 Å². The highest BCUT2D eigenvalue weighted by Crippen LogP contribution is 2.26. The molecule has 0 saturated carbocycles. The maximum Gasteiger partial charge on any atom is 0.343 e. The smallest absolute Gasteiger partial charge is 0.343 e. The Morgan fingerprint density at radius 3 is 1.86 bits per heavy atom. The van der Waals surface area contributed by atoms with Gasteiger partial charge in [-0.3, -0.25) is 0 Å². The Labute approximate surface area is 258 Å². The van der Waals surface area contributed by atoms with Crippen molar-refractivity contribution in [1.82, 2.24) is 0 Å². The van der Waals surface area contributed by atoms with Crippen LogP contribution in [0.5, 0.6) is 17.2 Å². The second-order valence-electron chi connectivity index (χ2n) is 10.4. The molecule has 0 amide bonds. The SMILES string of the molecule is C=CC(=O)OCCCCOc1ccc(-c2ccc(OC(=O)c3ccc(OCCCCCC4CC(=C)C(=O)O4)cc3)cc2)cc1. The second kappa shape index (κ2) is 16.7. The molecule has 1 unspecified atom stereocenters. The summed E-state index contributed by atoms with van der Waals surface area (Å²) in [7, 11) is 0. The van der Waals surface area contributed by atoms with Gasteiger partial charge >= 0.3 is 17.9 Å². The lowest BCUT2D eigenvalue weighted by molar-refractivity contribution is -0.139. The van der Waals surface area contributed by atoms with Crippen molar-refractivity contribution in [3.8, 4) is 28.4 Å². The molecule has 1 heterocycles. The molecule has 0 radical (unpaired) electrons. The van der Waals surface area contributed by atoms with E-state index in [1.807, 2.05) is 36.4 Å². The Morgan fingerprint density at radius 1 is 0.750 bits per heavy atom. The molecule has 3 aromatic carbocycles. The zero-order valence-electron chi connectivity index (χ0n) is 24.8. The van der Waals surface area contributed by atoms with E-state index in [4.69, 9.17) is 23.7 Å².